The molecule has 2 unspecified atom stereocenters. The predicted octanol–water partition coefficient (Wildman–Crippen LogP) is 4.86. The quantitative estimate of drug-likeness (QED) is 0.754. The van der Waals surface area contributed by atoms with Crippen LogP contribution in [0.3, 0.4) is 0 Å². The average molecular weight is 344 g/mol. The van der Waals surface area contributed by atoms with Gasteiger partial charge in [0.1, 0.15) is 5.75 Å². The lowest BCUT2D eigenvalue weighted by Gasteiger charge is -2.33. The lowest BCUT2D eigenvalue weighted by molar-refractivity contribution is 0.00000331. The molecule has 0 radical (unpaired) electrons. The fourth-order valence-corrected chi connectivity index (χ4v) is 2.79. The molecule has 2 aromatic rings. The number of rotatable bonds is 7. The van der Waals surface area contributed by atoms with Gasteiger partial charge in [0.25, 0.3) is 0 Å². The second-order valence-electron chi connectivity index (χ2n) is 8.25. The lowest BCUT2D eigenvalue weighted by Crippen LogP contribution is -2.44. The molecular formula is C22H33NO2. The van der Waals surface area contributed by atoms with Gasteiger partial charge in [0.05, 0.1) is 12.2 Å². The van der Waals surface area contributed by atoms with Gasteiger partial charge in [0.2, 0.25) is 0 Å². The van der Waals surface area contributed by atoms with Gasteiger partial charge in [-0.3, -0.25) is 0 Å². The number of fused-ring (bicyclic) bond motifs is 1. The van der Waals surface area contributed by atoms with E-state index < -0.39 is 5.60 Å². The number of hydrogen-bond donors (Lipinski definition) is 2. The van der Waals surface area contributed by atoms with Crippen LogP contribution in [0, 0.1) is 5.92 Å². The molecule has 3 nitrogen and oxygen atoms in total. The van der Waals surface area contributed by atoms with Gasteiger partial charge in [-0.2, -0.15) is 0 Å². The first kappa shape index (κ1) is 19.7. The Labute approximate surface area is 152 Å². The van der Waals surface area contributed by atoms with Gasteiger partial charge in [-0.1, -0.05) is 32.0 Å². The van der Waals surface area contributed by atoms with Gasteiger partial charge in [-0.25, -0.2) is 0 Å². The second-order valence-corrected chi connectivity index (χ2v) is 8.25. The van der Waals surface area contributed by atoms with Crippen molar-refractivity contribution in [2.75, 3.05) is 13.2 Å². The fraction of sp³-hybridized carbons (Fsp3) is 0.545. The van der Waals surface area contributed by atoms with Crippen molar-refractivity contribution in [2.45, 2.75) is 59.1 Å². The van der Waals surface area contributed by atoms with Crippen LogP contribution < -0.4 is 10.1 Å². The Bertz CT molecular complexity index is 701. The van der Waals surface area contributed by atoms with Crippen molar-refractivity contribution in [2.24, 2.45) is 5.92 Å². The van der Waals surface area contributed by atoms with E-state index in [1.165, 1.54) is 0 Å². The van der Waals surface area contributed by atoms with Crippen LogP contribution in [-0.2, 0) is 5.60 Å². The molecule has 0 aliphatic carbocycles. The molecular weight excluding hydrogens is 310 g/mol. The smallest absolute Gasteiger partial charge is 0.119 e. The molecule has 0 saturated heterocycles. The number of benzene rings is 2. The Kier molecular flexibility index (Phi) is 6.12. The van der Waals surface area contributed by atoms with Crippen LogP contribution in [0.4, 0.5) is 0 Å². The number of hydrogen-bond acceptors (Lipinski definition) is 3. The Morgan fingerprint density at radius 2 is 1.68 bits per heavy atom. The molecule has 25 heavy (non-hydrogen) atoms. The van der Waals surface area contributed by atoms with Gasteiger partial charge >= 0.3 is 0 Å². The molecule has 2 rings (SSSR count). The summed E-state index contributed by atoms with van der Waals surface area (Å²) in [6, 6.07) is 12.3. The zero-order valence-corrected chi connectivity index (χ0v) is 16.5. The molecule has 2 aromatic carbocycles. The Morgan fingerprint density at radius 1 is 1.04 bits per heavy atom. The summed E-state index contributed by atoms with van der Waals surface area (Å²) in [6.07, 6.45) is 1.00. The molecule has 0 aromatic heterocycles. The summed E-state index contributed by atoms with van der Waals surface area (Å²) in [5.74, 6) is 0.993. The molecule has 138 valence electrons. The van der Waals surface area contributed by atoms with Crippen LogP contribution in [0.25, 0.3) is 10.8 Å². The van der Waals surface area contributed by atoms with Crippen molar-refractivity contribution in [3.05, 3.63) is 42.0 Å². The van der Waals surface area contributed by atoms with Crippen LogP contribution in [0.5, 0.6) is 5.75 Å². The summed E-state index contributed by atoms with van der Waals surface area (Å²) in [4.78, 5) is 0. The monoisotopic (exact) mass is 343 g/mol. The molecule has 0 amide bonds. The summed E-state index contributed by atoms with van der Waals surface area (Å²) in [5, 5.41) is 16.9. The minimum Gasteiger partial charge on any atom is -0.494 e. The SMILES string of the molecule is CCCOc1ccc2cc(C(C)(O)C(C)CNC(C)(C)C)ccc2c1. The summed E-state index contributed by atoms with van der Waals surface area (Å²) in [5.41, 5.74) is 0.109. The third kappa shape index (κ3) is 5.20. The third-order valence-electron chi connectivity index (χ3n) is 4.77. The molecule has 2 atom stereocenters. The first-order valence-corrected chi connectivity index (χ1v) is 9.28. The standard InChI is InChI=1S/C22H33NO2/c1-7-12-25-20-11-9-17-13-19(10-8-18(17)14-20)22(6,24)16(2)15-23-21(3,4)5/h8-11,13-14,16,23-24H,7,12,15H2,1-6H3. The Hall–Kier alpha value is -1.58. The normalized spacial score (nSPS) is 15.8. The fourth-order valence-electron chi connectivity index (χ4n) is 2.79. The maximum Gasteiger partial charge on any atom is 0.119 e. The van der Waals surface area contributed by atoms with Gasteiger partial charge in [-0.15, -0.1) is 0 Å². The molecule has 0 aliphatic rings. The van der Waals surface area contributed by atoms with E-state index in [1.807, 2.05) is 19.1 Å². The minimum absolute atomic E-state index is 0.0443. The van der Waals surface area contributed by atoms with Crippen LogP contribution in [0.15, 0.2) is 36.4 Å². The number of ether oxygens (including phenoxy) is 1. The highest BCUT2D eigenvalue weighted by molar-refractivity contribution is 5.84. The molecule has 0 fully saturated rings. The van der Waals surface area contributed by atoms with Crippen molar-refractivity contribution in [1.29, 1.82) is 0 Å². The van der Waals surface area contributed by atoms with Gasteiger partial charge in [-0.05, 0) is 68.7 Å². The molecule has 0 heterocycles. The van der Waals surface area contributed by atoms with Crippen molar-refractivity contribution < 1.29 is 9.84 Å². The summed E-state index contributed by atoms with van der Waals surface area (Å²) >= 11 is 0. The van der Waals surface area contributed by atoms with E-state index in [0.717, 1.165) is 41.7 Å². The summed E-state index contributed by atoms with van der Waals surface area (Å²) in [7, 11) is 0. The largest absolute Gasteiger partial charge is 0.494 e. The van der Waals surface area contributed by atoms with E-state index in [4.69, 9.17) is 4.74 Å². The second kappa shape index (κ2) is 7.76. The van der Waals surface area contributed by atoms with E-state index in [9.17, 15) is 5.11 Å². The van der Waals surface area contributed by atoms with Crippen molar-refractivity contribution in [3.63, 3.8) is 0 Å². The molecule has 0 bridgehead atoms. The van der Waals surface area contributed by atoms with Crippen molar-refractivity contribution in [1.82, 2.24) is 5.32 Å². The zero-order valence-electron chi connectivity index (χ0n) is 16.5. The summed E-state index contributed by atoms with van der Waals surface area (Å²) < 4.78 is 5.71. The third-order valence-corrected chi connectivity index (χ3v) is 4.77. The van der Waals surface area contributed by atoms with Crippen LogP contribution in [0.1, 0.15) is 53.5 Å². The van der Waals surface area contributed by atoms with Crippen LogP contribution >= 0.6 is 0 Å². The van der Waals surface area contributed by atoms with E-state index in [-0.39, 0.29) is 11.5 Å². The highest BCUT2D eigenvalue weighted by atomic mass is 16.5. The zero-order chi connectivity index (χ0) is 18.7. The highest BCUT2D eigenvalue weighted by Crippen LogP contribution is 2.32. The molecule has 0 aliphatic heterocycles. The molecule has 0 saturated carbocycles. The van der Waals surface area contributed by atoms with E-state index in [2.05, 4.69) is 64.2 Å². The highest BCUT2D eigenvalue weighted by Gasteiger charge is 2.31. The first-order chi connectivity index (χ1) is 11.6. The van der Waals surface area contributed by atoms with Gasteiger partial charge in [0, 0.05) is 18.0 Å². The van der Waals surface area contributed by atoms with E-state index >= 15 is 0 Å². The van der Waals surface area contributed by atoms with Gasteiger partial charge in [0.15, 0.2) is 0 Å². The van der Waals surface area contributed by atoms with Crippen LogP contribution in [0.2, 0.25) is 0 Å². The van der Waals surface area contributed by atoms with Crippen molar-refractivity contribution >= 4 is 10.8 Å². The minimum atomic E-state index is -0.885. The number of aliphatic hydroxyl groups is 1. The summed E-state index contributed by atoms with van der Waals surface area (Å²) in [6.45, 7) is 14.0. The van der Waals surface area contributed by atoms with Gasteiger partial charge < -0.3 is 15.2 Å². The first-order valence-electron chi connectivity index (χ1n) is 9.28. The Morgan fingerprint density at radius 3 is 2.32 bits per heavy atom. The van der Waals surface area contributed by atoms with E-state index in [1.54, 1.807) is 0 Å². The predicted molar refractivity (Wildman–Crippen MR) is 106 cm³/mol. The Balaban J connectivity index is 2.21. The molecule has 3 heteroatoms. The molecule has 0 spiro atoms. The van der Waals surface area contributed by atoms with Crippen LogP contribution in [-0.4, -0.2) is 23.8 Å². The van der Waals surface area contributed by atoms with E-state index in [0.29, 0.717) is 0 Å². The van der Waals surface area contributed by atoms with Crippen molar-refractivity contribution in [3.8, 4) is 5.75 Å². The molecule has 2 N–H and O–H groups in total. The topological polar surface area (TPSA) is 41.5 Å². The maximum atomic E-state index is 11.1. The lowest BCUT2D eigenvalue weighted by atomic mass is 9.82. The number of nitrogens with one attached hydrogen (secondary N) is 1. The average Bonchev–Trinajstić information content (AvgIpc) is 2.56. The maximum absolute atomic E-state index is 11.1.